The second-order valence-corrected chi connectivity index (χ2v) is 6.43. The molecule has 1 aromatic rings. The van der Waals surface area contributed by atoms with Crippen LogP contribution in [0.5, 0.6) is 11.5 Å². The quantitative estimate of drug-likeness (QED) is 0.703. The van der Waals surface area contributed by atoms with E-state index in [4.69, 9.17) is 14.2 Å². The topological polar surface area (TPSA) is 103 Å². The molecular weight excluding hydrogens is 352 g/mol. The third-order valence-corrected chi connectivity index (χ3v) is 4.43. The third-order valence-electron chi connectivity index (χ3n) is 4.43. The molecule has 1 fully saturated rings. The van der Waals surface area contributed by atoms with Gasteiger partial charge in [0.25, 0.3) is 5.91 Å². The zero-order valence-electron chi connectivity index (χ0n) is 15.9. The minimum Gasteiger partial charge on any atom is -0.497 e. The van der Waals surface area contributed by atoms with Crippen LogP contribution in [-0.2, 0) is 20.7 Å². The molecule has 8 nitrogen and oxygen atoms in total. The van der Waals surface area contributed by atoms with Crippen molar-refractivity contribution >= 4 is 17.9 Å². The number of carbonyl (C=O) groups is 3. The van der Waals surface area contributed by atoms with Crippen molar-refractivity contribution in [3.05, 3.63) is 23.8 Å². The van der Waals surface area contributed by atoms with Gasteiger partial charge >= 0.3 is 12.0 Å². The fourth-order valence-corrected chi connectivity index (χ4v) is 2.95. The van der Waals surface area contributed by atoms with E-state index in [0.717, 1.165) is 25.7 Å². The zero-order chi connectivity index (χ0) is 19.8. The summed E-state index contributed by atoms with van der Waals surface area (Å²) in [6.07, 6.45) is 2.81. The molecule has 148 valence electrons. The SMILES string of the molecule is COc1ccc(CC(=O)O[C@@H](C)C(=O)NC(=O)NC2CCCC2)c(OC)c1. The lowest BCUT2D eigenvalue weighted by Gasteiger charge is -2.16. The molecule has 1 aliphatic carbocycles. The molecule has 0 aliphatic heterocycles. The lowest BCUT2D eigenvalue weighted by molar-refractivity contribution is -0.153. The van der Waals surface area contributed by atoms with E-state index in [1.54, 1.807) is 18.2 Å². The summed E-state index contributed by atoms with van der Waals surface area (Å²) in [6.45, 7) is 1.42. The first kappa shape index (κ1) is 20.5. The zero-order valence-corrected chi connectivity index (χ0v) is 15.9. The number of hydrogen-bond donors (Lipinski definition) is 2. The van der Waals surface area contributed by atoms with Crippen LogP contribution in [0.1, 0.15) is 38.2 Å². The number of amides is 3. The molecule has 0 aromatic heterocycles. The van der Waals surface area contributed by atoms with Crippen molar-refractivity contribution in [1.82, 2.24) is 10.6 Å². The summed E-state index contributed by atoms with van der Waals surface area (Å²) in [5.74, 6) is -0.179. The largest absolute Gasteiger partial charge is 0.497 e. The van der Waals surface area contributed by atoms with Gasteiger partial charge in [-0.3, -0.25) is 14.9 Å². The lowest BCUT2D eigenvalue weighted by Crippen LogP contribution is -2.47. The summed E-state index contributed by atoms with van der Waals surface area (Å²) in [6, 6.07) is 4.59. The van der Waals surface area contributed by atoms with Crippen molar-refractivity contribution in [2.75, 3.05) is 14.2 Å². The Hall–Kier alpha value is -2.77. The van der Waals surface area contributed by atoms with E-state index >= 15 is 0 Å². The molecule has 0 bridgehead atoms. The molecular formula is C19H26N2O6. The number of benzene rings is 1. The van der Waals surface area contributed by atoms with E-state index in [-0.39, 0.29) is 12.5 Å². The first-order valence-corrected chi connectivity index (χ1v) is 8.94. The molecule has 0 radical (unpaired) electrons. The van der Waals surface area contributed by atoms with Gasteiger partial charge in [0, 0.05) is 17.7 Å². The van der Waals surface area contributed by atoms with Gasteiger partial charge in [-0.15, -0.1) is 0 Å². The van der Waals surface area contributed by atoms with E-state index in [2.05, 4.69) is 10.6 Å². The molecule has 1 atom stereocenters. The minimum atomic E-state index is -1.09. The number of ether oxygens (including phenoxy) is 3. The van der Waals surface area contributed by atoms with Gasteiger partial charge in [0.15, 0.2) is 6.10 Å². The Morgan fingerprint density at radius 3 is 2.48 bits per heavy atom. The fourth-order valence-electron chi connectivity index (χ4n) is 2.95. The van der Waals surface area contributed by atoms with Crippen molar-refractivity contribution in [2.24, 2.45) is 0 Å². The maximum atomic E-state index is 12.1. The molecule has 0 heterocycles. The molecule has 1 aromatic carbocycles. The molecule has 8 heteroatoms. The van der Waals surface area contributed by atoms with Crippen LogP contribution in [0.15, 0.2) is 18.2 Å². The van der Waals surface area contributed by atoms with Crippen LogP contribution < -0.4 is 20.1 Å². The van der Waals surface area contributed by atoms with E-state index in [0.29, 0.717) is 17.1 Å². The number of nitrogens with one attached hydrogen (secondary N) is 2. The fraction of sp³-hybridized carbons (Fsp3) is 0.526. The second kappa shape index (κ2) is 9.80. The highest BCUT2D eigenvalue weighted by Crippen LogP contribution is 2.25. The summed E-state index contributed by atoms with van der Waals surface area (Å²) in [5.41, 5.74) is 0.606. The summed E-state index contributed by atoms with van der Waals surface area (Å²) >= 11 is 0. The molecule has 0 saturated heterocycles. The van der Waals surface area contributed by atoms with E-state index in [1.807, 2.05) is 0 Å². The van der Waals surface area contributed by atoms with Crippen LogP contribution in [0.4, 0.5) is 4.79 Å². The molecule has 0 spiro atoms. The Morgan fingerprint density at radius 2 is 1.85 bits per heavy atom. The van der Waals surface area contributed by atoms with Gasteiger partial charge in [-0.25, -0.2) is 4.79 Å². The summed E-state index contributed by atoms with van der Waals surface area (Å²) < 4.78 is 15.5. The third kappa shape index (κ3) is 6.16. The monoisotopic (exact) mass is 378 g/mol. The maximum Gasteiger partial charge on any atom is 0.321 e. The van der Waals surface area contributed by atoms with Gasteiger partial charge in [0.1, 0.15) is 11.5 Å². The summed E-state index contributed by atoms with van der Waals surface area (Å²) in [5, 5.41) is 4.95. The van der Waals surface area contributed by atoms with Gasteiger partial charge in [0.05, 0.1) is 20.6 Å². The highest BCUT2D eigenvalue weighted by atomic mass is 16.5. The van der Waals surface area contributed by atoms with Crippen molar-refractivity contribution in [2.45, 2.75) is 51.2 Å². The average molecular weight is 378 g/mol. The van der Waals surface area contributed by atoms with Gasteiger partial charge < -0.3 is 19.5 Å². The number of imide groups is 1. The summed E-state index contributed by atoms with van der Waals surface area (Å²) in [4.78, 5) is 36.0. The normalized spacial score (nSPS) is 14.9. The van der Waals surface area contributed by atoms with Crippen LogP contribution in [-0.4, -0.2) is 44.3 Å². The smallest absolute Gasteiger partial charge is 0.321 e. The van der Waals surface area contributed by atoms with Gasteiger partial charge in [-0.1, -0.05) is 18.9 Å². The molecule has 2 rings (SSSR count). The number of carbonyl (C=O) groups excluding carboxylic acids is 3. The average Bonchev–Trinajstić information content (AvgIpc) is 3.14. The van der Waals surface area contributed by atoms with Crippen molar-refractivity contribution in [3.8, 4) is 11.5 Å². The lowest BCUT2D eigenvalue weighted by atomic mass is 10.1. The molecule has 3 amide bonds. The van der Waals surface area contributed by atoms with Crippen molar-refractivity contribution in [3.63, 3.8) is 0 Å². The predicted molar refractivity (Wildman–Crippen MR) is 97.7 cm³/mol. The number of hydrogen-bond acceptors (Lipinski definition) is 6. The highest BCUT2D eigenvalue weighted by Gasteiger charge is 2.23. The van der Waals surface area contributed by atoms with Gasteiger partial charge in [-0.2, -0.15) is 0 Å². The maximum absolute atomic E-state index is 12.1. The second-order valence-electron chi connectivity index (χ2n) is 6.43. The van der Waals surface area contributed by atoms with Crippen LogP contribution in [0.25, 0.3) is 0 Å². The highest BCUT2D eigenvalue weighted by molar-refractivity contribution is 5.97. The van der Waals surface area contributed by atoms with Gasteiger partial charge in [0.2, 0.25) is 0 Å². The predicted octanol–water partition coefficient (Wildman–Crippen LogP) is 1.95. The molecule has 1 saturated carbocycles. The summed E-state index contributed by atoms with van der Waals surface area (Å²) in [7, 11) is 3.02. The Kier molecular flexibility index (Phi) is 7.45. The van der Waals surface area contributed by atoms with Crippen LogP contribution in [0, 0.1) is 0 Å². The molecule has 0 unspecified atom stereocenters. The van der Waals surface area contributed by atoms with Crippen molar-refractivity contribution in [1.29, 1.82) is 0 Å². The molecule has 1 aliphatic rings. The van der Waals surface area contributed by atoms with E-state index in [9.17, 15) is 14.4 Å². The van der Waals surface area contributed by atoms with Crippen molar-refractivity contribution < 1.29 is 28.6 Å². The molecule has 27 heavy (non-hydrogen) atoms. The van der Waals surface area contributed by atoms with Crippen LogP contribution in [0.3, 0.4) is 0 Å². The first-order valence-electron chi connectivity index (χ1n) is 8.94. The Bertz CT molecular complexity index is 685. The standard InChI is InChI=1S/C19H26N2O6/c1-12(18(23)21-19(24)20-14-6-4-5-7-14)27-17(22)10-13-8-9-15(25-2)11-16(13)26-3/h8-9,11-12,14H,4-7,10H2,1-3H3,(H2,20,21,23,24)/t12-/m0/s1. The van der Waals surface area contributed by atoms with E-state index in [1.165, 1.54) is 21.1 Å². The number of methoxy groups -OCH3 is 2. The molecule has 2 N–H and O–H groups in total. The van der Waals surface area contributed by atoms with Gasteiger partial charge in [-0.05, 0) is 25.8 Å². The van der Waals surface area contributed by atoms with Crippen LogP contribution in [0.2, 0.25) is 0 Å². The minimum absolute atomic E-state index is 0.0704. The number of urea groups is 1. The first-order chi connectivity index (χ1) is 12.9. The number of rotatable bonds is 7. The Balaban J connectivity index is 1.83. The number of esters is 1. The van der Waals surface area contributed by atoms with E-state index < -0.39 is 24.0 Å². The van der Waals surface area contributed by atoms with Crippen LogP contribution >= 0.6 is 0 Å². The Labute approximate surface area is 158 Å². The Morgan fingerprint density at radius 1 is 1.15 bits per heavy atom.